The van der Waals surface area contributed by atoms with Crippen molar-refractivity contribution in [3.63, 3.8) is 0 Å². The molecule has 2 aliphatic rings. The van der Waals surface area contributed by atoms with E-state index >= 15 is 0 Å². The molecule has 0 bridgehead atoms. The van der Waals surface area contributed by atoms with E-state index in [2.05, 4.69) is 10.2 Å². The van der Waals surface area contributed by atoms with Crippen LogP contribution in [0.25, 0.3) is 0 Å². The number of carbonyl (C=O) groups is 1. The topological polar surface area (TPSA) is 60.2 Å². The predicted molar refractivity (Wildman–Crippen MR) is 73.4 cm³/mol. The van der Waals surface area contributed by atoms with Crippen molar-refractivity contribution in [2.45, 2.75) is 44.9 Å². The number of nitrogens with zero attached hydrogens (tertiary/aromatic N) is 4. The molecule has 0 spiro atoms. The number of aromatic nitrogens is 3. The molecule has 1 aliphatic carbocycles. The first-order chi connectivity index (χ1) is 10.8. The molecule has 0 N–H and O–H groups in total. The van der Waals surface area contributed by atoms with Crippen molar-refractivity contribution in [2.24, 2.45) is 11.8 Å². The second-order valence-corrected chi connectivity index (χ2v) is 6.30. The van der Waals surface area contributed by atoms with Crippen LogP contribution in [0.4, 0.5) is 18.0 Å². The van der Waals surface area contributed by atoms with Crippen LogP contribution in [0, 0.1) is 11.8 Å². The maximum absolute atomic E-state index is 12.9. The van der Waals surface area contributed by atoms with Gasteiger partial charge in [0, 0.05) is 20.0 Å². The molecule has 1 unspecified atom stereocenters. The van der Waals surface area contributed by atoms with Gasteiger partial charge in [-0.25, -0.2) is 4.79 Å². The minimum Gasteiger partial charge on any atom is -0.449 e. The first-order valence-electron chi connectivity index (χ1n) is 7.70. The number of fused-ring (bicyclic) bond motifs is 1. The fraction of sp³-hybridized carbons (Fsp3) is 0.786. The predicted octanol–water partition coefficient (Wildman–Crippen LogP) is 2.38. The van der Waals surface area contributed by atoms with Crippen LogP contribution in [0.1, 0.15) is 30.9 Å². The number of carbonyl (C=O) groups excluding carboxylic acids is 1. The number of amides is 1. The minimum absolute atomic E-state index is 0.0287. The molecule has 3 rings (SSSR count). The number of halogens is 3. The first kappa shape index (κ1) is 16.1. The lowest BCUT2D eigenvalue weighted by Gasteiger charge is -2.26. The van der Waals surface area contributed by atoms with E-state index in [1.54, 1.807) is 7.05 Å². The molecule has 23 heavy (non-hydrogen) atoms. The Bertz CT molecular complexity index is 583. The zero-order valence-corrected chi connectivity index (χ0v) is 12.8. The van der Waals surface area contributed by atoms with Gasteiger partial charge in [-0.05, 0) is 25.2 Å². The Morgan fingerprint density at radius 2 is 2.09 bits per heavy atom. The zero-order valence-electron chi connectivity index (χ0n) is 12.8. The van der Waals surface area contributed by atoms with Gasteiger partial charge in [-0.3, -0.25) is 0 Å². The molecule has 0 saturated heterocycles. The Labute approximate surface area is 131 Å². The molecule has 128 valence electrons. The number of hydrogen-bond donors (Lipinski definition) is 0. The van der Waals surface area contributed by atoms with Crippen LogP contribution >= 0.6 is 0 Å². The van der Waals surface area contributed by atoms with E-state index in [-0.39, 0.29) is 25.9 Å². The molecule has 1 aliphatic heterocycles. The maximum Gasteiger partial charge on any atom is 0.409 e. The normalized spacial score (nSPS) is 21.0. The summed E-state index contributed by atoms with van der Waals surface area (Å²) >= 11 is 0. The van der Waals surface area contributed by atoms with Crippen LogP contribution in [0.3, 0.4) is 0 Å². The van der Waals surface area contributed by atoms with Gasteiger partial charge < -0.3 is 14.2 Å². The fourth-order valence-electron chi connectivity index (χ4n) is 2.63. The lowest BCUT2D eigenvalue weighted by atomic mass is 9.99. The van der Waals surface area contributed by atoms with Crippen LogP contribution in [0.5, 0.6) is 0 Å². The highest BCUT2D eigenvalue weighted by atomic mass is 19.4. The number of rotatable bonds is 4. The molecular formula is C14H19F3N4O2. The molecule has 1 amide bonds. The average Bonchev–Trinajstić information content (AvgIpc) is 3.24. The Kier molecular flexibility index (Phi) is 4.20. The lowest BCUT2D eigenvalue weighted by Crippen LogP contribution is -2.34. The van der Waals surface area contributed by atoms with Crippen molar-refractivity contribution in [3.8, 4) is 0 Å². The summed E-state index contributed by atoms with van der Waals surface area (Å²) in [4.78, 5) is 13.2. The van der Waals surface area contributed by atoms with Gasteiger partial charge in [0.25, 0.3) is 0 Å². The van der Waals surface area contributed by atoms with E-state index < -0.39 is 18.2 Å². The molecule has 1 fully saturated rings. The maximum atomic E-state index is 12.9. The number of alkyl halides is 3. The zero-order chi connectivity index (χ0) is 16.6. The first-order valence-corrected chi connectivity index (χ1v) is 7.70. The summed E-state index contributed by atoms with van der Waals surface area (Å²) in [5, 5.41) is 7.88. The smallest absolute Gasteiger partial charge is 0.409 e. The molecule has 2 heterocycles. The van der Waals surface area contributed by atoms with Crippen molar-refractivity contribution >= 4 is 6.09 Å². The van der Waals surface area contributed by atoms with E-state index in [1.807, 2.05) is 0 Å². The van der Waals surface area contributed by atoms with Gasteiger partial charge in [0.2, 0.25) is 0 Å². The highest BCUT2D eigenvalue weighted by Gasteiger charge is 2.42. The average molecular weight is 332 g/mol. The number of aryl methyl sites for hydroxylation is 1. The lowest BCUT2D eigenvalue weighted by molar-refractivity contribution is -0.182. The van der Waals surface area contributed by atoms with Crippen LogP contribution in [-0.4, -0.2) is 45.6 Å². The Morgan fingerprint density at radius 3 is 2.74 bits per heavy atom. The molecule has 6 nitrogen and oxygen atoms in total. The highest BCUT2D eigenvalue weighted by molar-refractivity contribution is 5.67. The summed E-state index contributed by atoms with van der Waals surface area (Å²) in [6.07, 6.45) is -2.29. The van der Waals surface area contributed by atoms with E-state index in [0.29, 0.717) is 24.2 Å². The summed E-state index contributed by atoms with van der Waals surface area (Å²) in [5.74, 6) is -0.0299. The summed E-state index contributed by atoms with van der Waals surface area (Å²) in [5.41, 5.74) is 0. The van der Waals surface area contributed by atoms with Gasteiger partial charge >= 0.3 is 12.3 Å². The number of hydrogen-bond acceptors (Lipinski definition) is 4. The van der Waals surface area contributed by atoms with E-state index in [4.69, 9.17) is 4.74 Å². The summed E-state index contributed by atoms with van der Waals surface area (Å²) < 4.78 is 45.3. The molecule has 1 aromatic rings. The Balaban J connectivity index is 1.62. The SMILES string of the molecule is CN(Cc1nnc2n1CC(C(F)(F)F)CC2)C(=O)OCC1CC1. The van der Waals surface area contributed by atoms with E-state index in [1.165, 1.54) is 9.47 Å². The second-order valence-electron chi connectivity index (χ2n) is 6.30. The monoisotopic (exact) mass is 332 g/mol. The quantitative estimate of drug-likeness (QED) is 0.849. The van der Waals surface area contributed by atoms with Gasteiger partial charge in [0.15, 0.2) is 5.82 Å². The van der Waals surface area contributed by atoms with Crippen molar-refractivity contribution in [3.05, 3.63) is 11.6 Å². The van der Waals surface area contributed by atoms with Crippen molar-refractivity contribution in [1.29, 1.82) is 0 Å². The third-order valence-electron chi connectivity index (χ3n) is 4.32. The van der Waals surface area contributed by atoms with Crippen LogP contribution in [0.15, 0.2) is 0 Å². The summed E-state index contributed by atoms with van der Waals surface area (Å²) in [6, 6.07) is 0. The molecule has 1 saturated carbocycles. The fourth-order valence-corrected chi connectivity index (χ4v) is 2.63. The second kappa shape index (κ2) is 6.01. The minimum atomic E-state index is -4.23. The van der Waals surface area contributed by atoms with Crippen molar-refractivity contribution < 1.29 is 22.7 Å². The largest absolute Gasteiger partial charge is 0.449 e. The molecule has 0 aromatic carbocycles. The molecule has 9 heteroatoms. The van der Waals surface area contributed by atoms with Gasteiger partial charge in [-0.2, -0.15) is 13.2 Å². The van der Waals surface area contributed by atoms with E-state index in [0.717, 1.165) is 12.8 Å². The van der Waals surface area contributed by atoms with Gasteiger partial charge in [0.05, 0.1) is 19.1 Å². The molecule has 1 atom stereocenters. The highest BCUT2D eigenvalue weighted by Crippen LogP contribution is 2.34. The van der Waals surface area contributed by atoms with Gasteiger partial charge in [-0.15, -0.1) is 10.2 Å². The standard InChI is InChI=1S/C14H19F3N4O2/c1-20(13(22)23-8-9-2-3-9)7-12-19-18-11-5-4-10(6-21(11)12)14(15,16)17/h9-10H,2-8H2,1H3. The third-order valence-corrected chi connectivity index (χ3v) is 4.32. The Hall–Kier alpha value is -1.80. The molecular weight excluding hydrogens is 313 g/mol. The number of ether oxygens (including phenoxy) is 1. The van der Waals surface area contributed by atoms with Crippen LogP contribution in [-0.2, 0) is 24.2 Å². The van der Waals surface area contributed by atoms with Crippen molar-refractivity contribution in [2.75, 3.05) is 13.7 Å². The van der Waals surface area contributed by atoms with Crippen molar-refractivity contribution in [1.82, 2.24) is 19.7 Å². The van der Waals surface area contributed by atoms with Gasteiger partial charge in [-0.1, -0.05) is 0 Å². The molecule has 0 radical (unpaired) electrons. The third kappa shape index (κ3) is 3.76. The van der Waals surface area contributed by atoms with E-state index in [9.17, 15) is 18.0 Å². The summed E-state index contributed by atoms with van der Waals surface area (Å²) in [6.45, 7) is 0.296. The summed E-state index contributed by atoms with van der Waals surface area (Å²) in [7, 11) is 1.54. The Morgan fingerprint density at radius 1 is 1.35 bits per heavy atom. The van der Waals surface area contributed by atoms with Crippen LogP contribution < -0.4 is 0 Å². The van der Waals surface area contributed by atoms with Gasteiger partial charge in [0.1, 0.15) is 5.82 Å². The molecule has 1 aromatic heterocycles. The van der Waals surface area contributed by atoms with Crippen LogP contribution in [0.2, 0.25) is 0 Å².